The van der Waals surface area contributed by atoms with Gasteiger partial charge in [0.25, 0.3) is 0 Å². The van der Waals surface area contributed by atoms with Crippen LogP contribution in [0.2, 0.25) is 0 Å². The van der Waals surface area contributed by atoms with Gasteiger partial charge in [-0.1, -0.05) is 49.1 Å². The maximum Gasteiger partial charge on any atom is 0.0960 e. The molecule has 2 aromatic carbocycles. The summed E-state index contributed by atoms with van der Waals surface area (Å²) in [5, 5.41) is 5.65. The first-order valence-electron chi connectivity index (χ1n) is 9.46. The fourth-order valence-corrected chi connectivity index (χ4v) is 4.21. The van der Waals surface area contributed by atoms with Gasteiger partial charge in [0, 0.05) is 45.6 Å². The lowest BCUT2D eigenvalue weighted by atomic mass is 10.2. The fraction of sp³-hybridized carbons (Fsp3) is 0.0800. The zero-order chi connectivity index (χ0) is 19.3. The monoisotopic (exact) mass is 363 g/mol. The summed E-state index contributed by atoms with van der Waals surface area (Å²) in [6.07, 6.45) is 4.02. The van der Waals surface area contributed by atoms with Crippen molar-refractivity contribution in [3.05, 3.63) is 94.1 Å². The average molecular weight is 363 g/mol. The van der Waals surface area contributed by atoms with Crippen LogP contribution in [0.1, 0.15) is 6.92 Å². The molecule has 0 aliphatic carbocycles. The van der Waals surface area contributed by atoms with Crippen LogP contribution in [0, 0.1) is 10.6 Å². The van der Waals surface area contributed by atoms with Crippen LogP contribution in [0.25, 0.3) is 40.3 Å². The Bertz CT molecular complexity index is 1540. The van der Waals surface area contributed by atoms with Crippen LogP contribution in [0.5, 0.6) is 0 Å². The molecule has 3 aromatic heterocycles. The van der Waals surface area contributed by atoms with E-state index < -0.39 is 0 Å². The molecule has 0 N–H and O–H groups in total. The summed E-state index contributed by atoms with van der Waals surface area (Å²) in [4.78, 5) is 4.72. The minimum atomic E-state index is 1.00. The molecule has 0 aliphatic rings. The third kappa shape index (κ3) is 2.20. The molecular weight excluding hydrogens is 342 g/mol. The molecule has 0 fully saturated rings. The number of nitrogens with zero attached hydrogens (tertiary/aromatic N) is 3. The third-order valence-electron chi connectivity index (χ3n) is 5.53. The highest BCUT2D eigenvalue weighted by Crippen LogP contribution is 2.20. The molecule has 0 aliphatic heterocycles. The van der Waals surface area contributed by atoms with Crippen LogP contribution >= 0.6 is 0 Å². The SMILES string of the molecule is C=c1/c(=c2\c(=C/C)c3ncccc3n2-c2ccccc2)c2ccccc2n1C. The summed E-state index contributed by atoms with van der Waals surface area (Å²) < 4.78 is 4.48. The van der Waals surface area contributed by atoms with Gasteiger partial charge in [-0.25, -0.2) is 0 Å². The number of hydrogen-bond donors (Lipinski definition) is 0. The van der Waals surface area contributed by atoms with Gasteiger partial charge < -0.3 is 9.13 Å². The molecule has 0 radical (unpaired) electrons. The summed E-state index contributed by atoms with van der Waals surface area (Å²) in [7, 11) is 2.08. The molecule has 0 saturated heterocycles. The van der Waals surface area contributed by atoms with Gasteiger partial charge in [-0.3, -0.25) is 4.98 Å². The van der Waals surface area contributed by atoms with Crippen molar-refractivity contribution in [2.75, 3.05) is 0 Å². The average Bonchev–Trinajstić information content (AvgIpc) is 3.20. The minimum Gasteiger partial charge on any atom is -0.344 e. The topological polar surface area (TPSA) is 22.8 Å². The van der Waals surface area contributed by atoms with Gasteiger partial charge in [0.1, 0.15) is 0 Å². The first-order valence-corrected chi connectivity index (χ1v) is 9.46. The number of rotatable bonds is 1. The Morgan fingerprint density at radius 3 is 2.39 bits per heavy atom. The smallest absolute Gasteiger partial charge is 0.0960 e. The molecule has 136 valence electrons. The Balaban J connectivity index is 2.25. The van der Waals surface area contributed by atoms with Gasteiger partial charge in [-0.2, -0.15) is 0 Å². The maximum absolute atomic E-state index is 4.72. The molecule has 3 heteroatoms. The standard InChI is InChI=1S/C25H21N3/c1-4-19-24-22(15-10-16-26-24)28(18-11-6-5-7-12-18)25(19)23-17(2)27(3)21-14-9-8-13-20(21)23/h4-16H,2H2,1,3H3/b19-4-,25-23-. The van der Waals surface area contributed by atoms with E-state index in [9.17, 15) is 0 Å². The number of para-hydroxylation sites is 2. The van der Waals surface area contributed by atoms with Crippen LogP contribution in [-0.2, 0) is 7.05 Å². The number of benzene rings is 2. The van der Waals surface area contributed by atoms with E-state index in [1.807, 2.05) is 18.3 Å². The Labute approximate surface area is 162 Å². The van der Waals surface area contributed by atoms with Crippen molar-refractivity contribution in [2.45, 2.75) is 6.92 Å². The lowest BCUT2D eigenvalue weighted by Gasteiger charge is -2.06. The second kappa shape index (κ2) is 6.24. The van der Waals surface area contributed by atoms with Crippen LogP contribution < -0.4 is 10.6 Å². The first kappa shape index (κ1) is 16.6. The zero-order valence-electron chi connectivity index (χ0n) is 16.1. The molecule has 0 bridgehead atoms. The van der Waals surface area contributed by atoms with E-state index in [4.69, 9.17) is 4.98 Å². The van der Waals surface area contributed by atoms with Gasteiger partial charge in [-0.15, -0.1) is 0 Å². The quantitative estimate of drug-likeness (QED) is 0.441. The fourth-order valence-electron chi connectivity index (χ4n) is 4.21. The molecule has 0 atom stereocenters. The Kier molecular flexibility index (Phi) is 3.69. The number of aromatic nitrogens is 3. The molecule has 0 amide bonds. The summed E-state index contributed by atoms with van der Waals surface area (Å²) in [6, 6.07) is 23.1. The molecule has 3 heterocycles. The lowest BCUT2D eigenvalue weighted by Crippen LogP contribution is -2.14. The predicted octanol–water partition coefficient (Wildman–Crippen LogP) is 4.01. The zero-order valence-corrected chi connectivity index (χ0v) is 16.1. The summed E-state index contributed by atoms with van der Waals surface area (Å²) in [5.41, 5.74) is 4.42. The van der Waals surface area contributed by atoms with Crippen molar-refractivity contribution < 1.29 is 0 Å². The van der Waals surface area contributed by atoms with Crippen LogP contribution in [0.15, 0.2) is 72.9 Å². The van der Waals surface area contributed by atoms with Gasteiger partial charge in [0.05, 0.1) is 16.4 Å². The second-order valence-electron chi connectivity index (χ2n) is 6.99. The Hall–Kier alpha value is -3.59. The Morgan fingerprint density at radius 1 is 0.893 bits per heavy atom. The van der Waals surface area contributed by atoms with Crippen molar-refractivity contribution in [1.82, 2.24) is 14.1 Å². The van der Waals surface area contributed by atoms with E-state index in [0.29, 0.717) is 0 Å². The Morgan fingerprint density at radius 2 is 1.61 bits per heavy atom. The predicted molar refractivity (Wildman–Crippen MR) is 117 cm³/mol. The van der Waals surface area contributed by atoms with Crippen molar-refractivity contribution in [3.63, 3.8) is 0 Å². The van der Waals surface area contributed by atoms with E-state index in [2.05, 4.69) is 90.4 Å². The number of aryl methyl sites for hydroxylation is 1. The van der Waals surface area contributed by atoms with Crippen LogP contribution in [0.3, 0.4) is 0 Å². The van der Waals surface area contributed by atoms with Gasteiger partial charge >= 0.3 is 0 Å². The summed E-state index contributed by atoms with van der Waals surface area (Å²) >= 11 is 0. The van der Waals surface area contributed by atoms with Gasteiger partial charge in [0.15, 0.2) is 0 Å². The van der Waals surface area contributed by atoms with Crippen molar-refractivity contribution in [1.29, 1.82) is 0 Å². The van der Waals surface area contributed by atoms with E-state index in [0.717, 1.165) is 37.9 Å². The molecular formula is C25H21N3. The third-order valence-corrected chi connectivity index (χ3v) is 5.53. The van der Waals surface area contributed by atoms with Crippen molar-refractivity contribution in [2.24, 2.45) is 7.05 Å². The molecule has 5 aromatic rings. The maximum atomic E-state index is 4.72. The molecule has 0 spiro atoms. The normalized spacial score (nSPS) is 13.6. The largest absolute Gasteiger partial charge is 0.344 e. The number of hydrogen-bond acceptors (Lipinski definition) is 1. The van der Waals surface area contributed by atoms with Crippen molar-refractivity contribution >= 4 is 34.6 Å². The molecule has 28 heavy (non-hydrogen) atoms. The van der Waals surface area contributed by atoms with E-state index in [1.54, 1.807) is 0 Å². The highest BCUT2D eigenvalue weighted by molar-refractivity contribution is 5.84. The number of fused-ring (bicyclic) bond motifs is 2. The van der Waals surface area contributed by atoms with Gasteiger partial charge in [0.2, 0.25) is 0 Å². The van der Waals surface area contributed by atoms with E-state index in [-0.39, 0.29) is 0 Å². The summed E-state index contributed by atoms with van der Waals surface area (Å²) in [6.45, 7) is 6.51. The van der Waals surface area contributed by atoms with Gasteiger partial charge in [-0.05, 0) is 37.3 Å². The van der Waals surface area contributed by atoms with Crippen molar-refractivity contribution in [3.8, 4) is 5.69 Å². The summed E-state index contributed by atoms with van der Waals surface area (Å²) in [5.74, 6) is 0. The number of pyridine rings is 1. The van der Waals surface area contributed by atoms with E-state index >= 15 is 0 Å². The lowest BCUT2D eigenvalue weighted by molar-refractivity contribution is 0.923. The molecule has 3 nitrogen and oxygen atoms in total. The first-order chi connectivity index (χ1) is 13.7. The highest BCUT2D eigenvalue weighted by Gasteiger charge is 2.13. The molecule has 0 saturated carbocycles. The molecule has 0 unspecified atom stereocenters. The van der Waals surface area contributed by atoms with Crippen LogP contribution in [-0.4, -0.2) is 14.1 Å². The second-order valence-corrected chi connectivity index (χ2v) is 6.99. The van der Waals surface area contributed by atoms with E-state index in [1.165, 1.54) is 10.9 Å². The van der Waals surface area contributed by atoms with Crippen LogP contribution in [0.4, 0.5) is 0 Å². The minimum absolute atomic E-state index is 1.00. The highest BCUT2D eigenvalue weighted by atomic mass is 15.0. The molecule has 5 rings (SSSR count).